The molecule has 34 heavy (non-hydrogen) atoms. The van der Waals surface area contributed by atoms with Gasteiger partial charge in [0.25, 0.3) is 5.91 Å². The largest absolute Gasteiger partial charge is 0.326 e. The molecule has 2 aliphatic rings. The highest BCUT2D eigenvalue weighted by Gasteiger charge is 2.34. The maximum atomic E-state index is 13.5. The molecule has 1 saturated heterocycles. The molecular weight excluding hydrogens is 450 g/mol. The number of nitrogens with zero attached hydrogens (tertiary/aromatic N) is 2. The van der Waals surface area contributed by atoms with Crippen molar-refractivity contribution in [3.05, 3.63) is 83.4 Å². The Hall–Kier alpha value is -3.55. The van der Waals surface area contributed by atoms with Crippen LogP contribution in [0.15, 0.2) is 72.8 Å². The molecule has 3 aromatic carbocycles. The molecule has 0 radical (unpaired) electrons. The number of carbonyl (C=O) groups is 2. The van der Waals surface area contributed by atoms with Gasteiger partial charge in [-0.15, -0.1) is 0 Å². The fraction of sp³-hybridized carbons (Fsp3) is 0.231. The average Bonchev–Trinajstić information content (AvgIpc) is 3.35. The summed E-state index contributed by atoms with van der Waals surface area (Å²) >= 11 is 5.91. The lowest BCUT2D eigenvalue weighted by Gasteiger charge is -2.34. The Morgan fingerprint density at radius 1 is 0.882 bits per heavy atom. The highest BCUT2D eigenvalue weighted by atomic mass is 35.5. The second-order valence-corrected chi connectivity index (χ2v) is 8.95. The zero-order chi connectivity index (χ0) is 23.5. The molecule has 1 unspecified atom stereocenters. The first kappa shape index (κ1) is 22.3. The van der Waals surface area contributed by atoms with Gasteiger partial charge in [-0.2, -0.15) is 0 Å². The van der Waals surface area contributed by atoms with E-state index in [0.29, 0.717) is 17.1 Å². The van der Waals surface area contributed by atoms with E-state index in [1.54, 1.807) is 29.2 Å². The maximum absolute atomic E-state index is 13.5. The van der Waals surface area contributed by atoms with Crippen LogP contribution in [0, 0.1) is 0 Å². The topological polar surface area (TPSA) is 76.7 Å². The highest BCUT2D eigenvalue weighted by Crippen LogP contribution is 2.35. The van der Waals surface area contributed by atoms with Crippen molar-refractivity contribution in [1.29, 1.82) is 0 Å². The molecule has 7 nitrogen and oxygen atoms in total. The van der Waals surface area contributed by atoms with E-state index < -0.39 is 12.1 Å². The maximum Gasteiger partial charge on any atom is 0.319 e. The van der Waals surface area contributed by atoms with Crippen LogP contribution < -0.4 is 21.0 Å². The van der Waals surface area contributed by atoms with Crippen LogP contribution in [0.2, 0.25) is 5.02 Å². The van der Waals surface area contributed by atoms with Gasteiger partial charge in [0.1, 0.15) is 6.04 Å². The van der Waals surface area contributed by atoms with E-state index in [2.05, 4.69) is 21.1 Å². The third kappa shape index (κ3) is 4.85. The summed E-state index contributed by atoms with van der Waals surface area (Å²) in [7, 11) is 0. The van der Waals surface area contributed by atoms with Crippen molar-refractivity contribution in [1.82, 2.24) is 10.3 Å². The zero-order valence-corrected chi connectivity index (χ0v) is 19.4. The van der Waals surface area contributed by atoms with E-state index in [1.165, 1.54) is 12.8 Å². The van der Waals surface area contributed by atoms with Gasteiger partial charge in [-0.3, -0.25) is 9.69 Å². The summed E-state index contributed by atoms with van der Waals surface area (Å²) < 4.78 is 0. The molecule has 5 rings (SSSR count). The summed E-state index contributed by atoms with van der Waals surface area (Å²) in [6, 6.07) is 21.3. The SMILES string of the molecule is O=C(Nc1ccc(Cl)cc1)NC1Cc2ccccc2N(c2ccc(NN3CCCC3)cc2)C1=O. The van der Waals surface area contributed by atoms with Gasteiger partial charge >= 0.3 is 6.03 Å². The number of urea groups is 1. The van der Waals surface area contributed by atoms with Crippen LogP contribution in [0.3, 0.4) is 0 Å². The Morgan fingerprint density at radius 2 is 1.56 bits per heavy atom. The number of nitrogens with one attached hydrogen (secondary N) is 3. The molecule has 2 aliphatic heterocycles. The summed E-state index contributed by atoms with van der Waals surface area (Å²) in [6.07, 6.45) is 2.82. The van der Waals surface area contributed by atoms with Gasteiger partial charge in [0.15, 0.2) is 0 Å². The third-order valence-corrected chi connectivity index (χ3v) is 6.35. The molecule has 8 heteroatoms. The van der Waals surface area contributed by atoms with Gasteiger partial charge < -0.3 is 16.1 Å². The van der Waals surface area contributed by atoms with Crippen LogP contribution >= 0.6 is 11.6 Å². The Kier molecular flexibility index (Phi) is 6.38. The van der Waals surface area contributed by atoms with Crippen molar-refractivity contribution < 1.29 is 9.59 Å². The van der Waals surface area contributed by atoms with Gasteiger partial charge in [-0.05, 0) is 73.0 Å². The van der Waals surface area contributed by atoms with Gasteiger partial charge in [0, 0.05) is 41.6 Å². The molecule has 0 bridgehead atoms. The number of anilines is 4. The molecule has 2 heterocycles. The molecule has 0 aliphatic carbocycles. The van der Waals surface area contributed by atoms with Crippen LogP contribution in [0.5, 0.6) is 0 Å². The summed E-state index contributed by atoms with van der Waals surface area (Å²) in [5.74, 6) is -0.176. The van der Waals surface area contributed by atoms with E-state index in [9.17, 15) is 9.59 Å². The number of halogens is 1. The Morgan fingerprint density at radius 3 is 2.29 bits per heavy atom. The molecule has 0 spiro atoms. The predicted molar refractivity (Wildman–Crippen MR) is 136 cm³/mol. The third-order valence-electron chi connectivity index (χ3n) is 6.10. The van der Waals surface area contributed by atoms with Crippen LogP contribution in [-0.2, 0) is 11.2 Å². The summed E-state index contributed by atoms with van der Waals surface area (Å²) in [5.41, 5.74) is 7.60. The molecule has 1 atom stereocenters. The molecule has 3 N–H and O–H groups in total. The molecule has 1 fully saturated rings. The molecule has 3 aromatic rings. The van der Waals surface area contributed by atoms with E-state index in [-0.39, 0.29) is 5.91 Å². The lowest BCUT2D eigenvalue weighted by Crippen LogP contribution is -2.52. The van der Waals surface area contributed by atoms with Crippen molar-refractivity contribution in [2.24, 2.45) is 0 Å². The molecular formula is C26H26ClN5O2. The number of carbonyl (C=O) groups excluding carboxylic acids is 2. The number of hydrogen-bond acceptors (Lipinski definition) is 4. The van der Waals surface area contributed by atoms with Crippen molar-refractivity contribution in [2.45, 2.75) is 25.3 Å². The van der Waals surface area contributed by atoms with E-state index in [4.69, 9.17) is 11.6 Å². The minimum atomic E-state index is -0.690. The molecule has 0 aromatic heterocycles. The van der Waals surface area contributed by atoms with E-state index in [1.807, 2.05) is 48.5 Å². The molecule has 3 amide bonds. The summed E-state index contributed by atoms with van der Waals surface area (Å²) in [6.45, 7) is 2.07. The summed E-state index contributed by atoms with van der Waals surface area (Å²) in [4.78, 5) is 27.9. The van der Waals surface area contributed by atoms with Gasteiger partial charge in [-0.1, -0.05) is 29.8 Å². The van der Waals surface area contributed by atoms with Crippen molar-refractivity contribution in [2.75, 3.05) is 28.7 Å². The number of fused-ring (bicyclic) bond motifs is 1. The second-order valence-electron chi connectivity index (χ2n) is 8.52. The number of para-hydroxylation sites is 1. The number of rotatable bonds is 5. The fourth-order valence-electron chi connectivity index (χ4n) is 4.42. The zero-order valence-electron chi connectivity index (χ0n) is 18.6. The van der Waals surface area contributed by atoms with Gasteiger partial charge in [-0.25, -0.2) is 9.80 Å². The Balaban J connectivity index is 1.34. The minimum Gasteiger partial charge on any atom is -0.326 e. The van der Waals surface area contributed by atoms with Gasteiger partial charge in [0.2, 0.25) is 0 Å². The van der Waals surface area contributed by atoms with Crippen molar-refractivity contribution >= 4 is 46.3 Å². The van der Waals surface area contributed by atoms with E-state index >= 15 is 0 Å². The average molecular weight is 476 g/mol. The first-order valence-corrected chi connectivity index (χ1v) is 11.8. The lowest BCUT2D eigenvalue weighted by molar-refractivity contribution is -0.119. The van der Waals surface area contributed by atoms with Gasteiger partial charge in [0.05, 0.1) is 5.69 Å². The smallest absolute Gasteiger partial charge is 0.319 e. The normalized spacial score (nSPS) is 17.9. The molecule has 174 valence electrons. The number of hydrazine groups is 1. The van der Waals surface area contributed by atoms with Crippen LogP contribution in [0.25, 0.3) is 0 Å². The number of benzene rings is 3. The Labute approximate surface area is 203 Å². The monoisotopic (exact) mass is 475 g/mol. The first-order valence-electron chi connectivity index (χ1n) is 11.4. The lowest BCUT2D eigenvalue weighted by atomic mass is 9.96. The van der Waals surface area contributed by atoms with Crippen LogP contribution in [0.4, 0.5) is 27.5 Å². The summed E-state index contributed by atoms with van der Waals surface area (Å²) in [5, 5.41) is 8.39. The molecule has 0 saturated carbocycles. The Bertz CT molecular complexity index is 1180. The predicted octanol–water partition coefficient (Wildman–Crippen LogP) is 5.17. The quantitative estimate of drug-likeness (QED) is 0.475. The minimum absolute atomic E-state index is 0.176. The fourth-order valence-corrected chi connectivity index (χ4v) is 4.54. The van der Waals surface area contributed by atoms with Crippen LogP contribution in [-0.4, -0.2) is 36.1 Å². The van der Waals surface area contributed by atoms with Crippen LogP contribution in [0.1, 0.15) is 18.4 Å². The highest BCUT2D eigenvalue weighted by molar-refractivity contribution is 6.30. The van der Waals surface area contributed by atoms with Crippen molar-refractivity contribution in [3.63, 3.8) is 0 Å². The first-order chi connectivity index (χ1) is 16.6. The second kappa shape index (κ2) is 9.75. The van der Waals surface area contributed by atoms with Crippen molar-refractivity contribution in [3.8, 4) is 0 Å². The number of amides is 3. The standard InChI is InChI=1S/C26H26ClN5O2/c27-19-7-9-20(10-8-19)28-26(34)29-23-17-18-5-1-2-6-24(18)32(25(23)33)22-13-11-21(12-14-22)30-31-15-3-4-16-31/h1-2,5-14,23,30H,3-4,15-17H2,(H2,28,29,34). The van der Waals surface area contributed by atoms with E-state index in [0.717, 1.165) is 35.7 Å². The number of hydrogen-bond donors (Lipinski definition) is 3.